The van der Waals surface area contributed by atoms with Crippen molar-refractivity contribution in [1.29, 1.82) is 0 Å². The molecule has 0 unspecified atom stereocenters. The summed E-state index contributed by atoms with van der Waals surface area (Å²) >= 11 is 0. The van der Waals surface area contributed by atoms with Crippen LogP contribution in [0.2, 0.25) is 0 Å². The van der Waals surface area contributed by atoms with E-state index in [4.69, 9.17) is 4.74 Å². The Morgan fingerprint density at radius 2 is 1.33 bits per heavy atom. The first-order chi connectivity index (χ1) is 17.4. The molecule has 0 saturated heterocycles. The van der Waals surface area contributed by atoms with Crippen LogP contribution in [0.1, 0.15) is 31.8 Å². The Bertz CT molecular complexity index is 1380. The maximum Gasteiger partial charge on any atom is 0.257 e. The Kier molecular flexibility index (Phi) is 7.50. The third-order valence-electron chi connectivity index (χ3n) is 5.18. The van der Waals surface area contributed by atoms with Crippen LogP contribution in [-0.4, -0.2) is 21.9 Å². The molecule has 36 heavy (non-hydrogen) atoms. The fourth-order valence-corrected chi connectivity index (χ4v) is 3.28. The van der Waals surface area contributed by atoms with Gasteiger partial charge in [-0.3, -0.25) is 9.59 Å². The zero-order chi connectivity index (χ0) is 25.5. The normalized spacial score (nSPS) is 10.5. The molecule has 0 fully saturated rings. The van der Waals surface area contributed by atoms with E-state index >= 15 is 0 Å². The Morgan fingerprint density at radius 1 is 0.750 bits per heavy atom. The number of pyridine rings is 1. The average molecular weight is 489 g/mol. The first kappa shape index (κ1) is 24.3. The molecule has 1 heterocycles. The molecule has 0 aliphatic carbocycles. The number of phenolic OH excluding ortho intramolecular Hbond substituents is 1. The van der Waals surface area contributed by atoms with E-state index in [0.29, 0.717) is 0 Å². The van der Waals surface area contributed by atoms with Gasteiger partial charge in [-0.25, -0.2) is 4.39 Å². The molecule has 3 aromatic carbocycles. The van der Waals surface area contributed by atoms with Crippen molar-refractivity contribution in [3.63, 3.8) is 0 Å². The predicted octanol–water partition coefficient (Wildman–Crippen LogP) is 4.72. The van der Waals surface area contributed by atoms with Gasteiger partial charge in [0, 0.05) is 13.1 Å². The van der Waals surface area contributed by atoms with Crippen molar-refractivity contribution in [3.05, 3.63) is 119 Å². The van der Waals surface area contributed by atoms with Crippen molar-refractivity contribution in [3.8, 4) is 17.4 Å². The molecule has 0 radical (unpaired) electrons. The monoisotopic (exact) mass is 489 g/mol. The summed E-state index contributed by atoms with van der Waals surface area (Å²) in [5.74, 6) is -2.34. The number of rotatable bonds is 8. The van der Waals surface area contributed by atoms with Gasteiger partial charge in [0.25, 0.3) is 11.8 Å². The maximum atomic E-state index is 13.7. The van der Waals surface area contributed by atoms with Gasteiger partial charge in [-0.1, -0.05) is 36.4 Å². The standard InChI is InChI=1S/C27H21F2N3O4/c28-19-9-11-20(12-10-19)36-27-22(13-14-24(29)32-27)26(35)31-16-18-7-5-17(6-8-18)15-30-25(34)21-3-1-2-4-23(21)33/h1-14,33H,15-16H2,(H,30,34)(H,31,35). The molecule has 0 aliphatic heterocycles. The van der Waals surface area contributed by atoms with Crippen LogP contribution in [0.3, 0.4) is 0 Å². The zero-order valence-corrected chi connectivity index (χ0v) is 18.9. The predicted molar refractivity (Wildman–Crippen MR) is 128 cm³/mol. The van der Waals surface area contributed by atoms with Gasteiger partial charge in [0.05, 0.1) is 5.56 Å². The van der Waals surface area contributed by atoms with Crippen molar-refractivity contribution >= 4 is 11.8 Å². The molecule has 0 spiro atoms. The molecule has 0 bridgehead atoms. The van der Waals surface area contributed by atoms with E-state index < -0.39 is 23.6 Å². The lowest BCUT2D eigenvalue weighted by Crippen LogP contribution is -2.24. The Hall–Kier alpha value is -4.79. The lowest BCUT2D eigenvalue weighted by molar-refractivity contribution is 0.0939. The van der Waals surface area contributed by atoms with Crippen LogP contribution in [-0.2, 0) is 13.1 Å². The fourth-order valence-electron chi connectivity index (χ4n) is 3.28. The molecule has 0 aliphatic rings. The molecular formula is C27H21F2N3O4. The van der Waals surface area contributed by atoms with Gasteiger partial charge in [0.2, 0.25) is 11.8 Å². The molecule has 1 aromatic heterocycles. The first-order valence-corrected chi connectivity index (χ1v) is 10.9. The number of para-hydroxylation sites is 1. The van der Waals surface area contributed by atoms with Crippen molar-refractivity contribution in [1.82, 2.24) is 15.6 Å². The summed E-state index contributed by atoms with van der Waals surface area (Å²) in [4.78, 5) is 28.6. The molecule has 9 heteroatoms. The van der Waals surface area contributed by atoms with E-state index in [0.717, 1.165) is 17.2 Å². The van der Waals surface area contributed by atoms with Crippen LogP contribution in [0.15, 0.2) is 84.9 Å². The molecular weight excluding hydrogens is 468 g/mol. The van der Waals surface area contributed by atoms with Crippen LogP contribution < -0.4 is 15.4 Å². The zero-order valence-electron chi connectivity index (χ0n) is 18.9. The van der Waals surface area contributed by atoms with Crippen molar-refractivity contribution in [2.75, 3.05) is 0 Å². The lowest BCUT2D eigenvalue weighted by Gasteiger charge is -2.11. The number of hydrogen-bond donors (Lipinski definition) is 3. The number of nitrogens with zero attached hydrogens (tertiary/aromatic N) is 1. The summed E-state index contributed by atoms with van der Waals surface area (Å²) < 4.78 is 32.3. The Balaban J connectivity index is 1.34. The Morgan fingerprint density at radius 3 is 1.94 bits per heavy atom. The topological polar surface area (TPSA) is 101 Å². The number of amides is 2. The van der Waals surface area contributed by atoms with Gasteiger partial charge >= 0.3 is 0 Å². The van der Waals surface area contributed by atoms with Gasteiger partial charge in [0.15, 0.2) is 0 Å². The van der Waals surface area contributed by atoms with Gasteiger partial charge in [-0.2, -0.15) is 9.37 Å². The molecule has 182 valence electrons. The van der Waals surface area contributed by atoms with Crippen molar-refractivity contribution < 1.29 is 28.2 Å². The van der Waals surface area contributed by atoms with Crippen LogP contribution in [0.5, 0.6) is 17.4 Å². The molecule has 4 aromatic rings. The summed E-state index contributed by atoms with van der Waals surface area (Å²) in [6.07, 6.45) is 0. The number of carbonyl (C=O) groups excluding carboxylic acids is 2. The number of hydrogen-bond acceptors (Lipinski definition) is 5. The number of nitrogens with one attached hydrogen (secondary N) is 2. The van der Waals surface area contributed by atoms with Gasteiger partial charge in [-0.15, -0.1) is 0 Å². The highest BCUT2D eigenvalue weighted by Gasteiger charge is 2.16. The molecule has 3 N–H and O–H groups in total. The summed E-state index contributed by atoms with van der Waals surface area (Å²) in [7, 11) is 0. The highest BCUT2D eigenvalue weighted by Crippen LogP contribution is 2.24. The number of halogens is 2. The molecule has 2 amide bonds. The summed E-state index contributed by atoms with van der Waals surface area (Å²) in [6.45, 7) is 0.432. The Labute approximate surface area is 205 Å². The van der Waals surface area contributed by atoms with E-state index in [2.05, 4.69) is 15.6 Å². The van der Waals surface area contributed by atoms with E-state index in [-0.39, 0.29) is 41.6 Å². The van der Waals surface area contributed by atoms with E-state index in [1.807, 2.05) is 0 Å². The second kappa shape index (κ2) is 11.1. The average Bonchev–Trinajstić information content (AvgIpc) is 2.88. The van der Waals surface area contributed by atoms with Crippen molar-refractivity contribution in [2.24, 2.45) is 0 Å². The summed E-state index contributed by atoms with van der Waals surface area (Å²) in [6, 6.07) is 20.8. The van der Waals surface area contributed by atoms with Crippen LogP contribution >= 0.6 is 0 Å². The largest absolute Gasteiger partial charge is 0.507 e. The van der Waals surface area contributed by atoms with Crippen LogP contribution in [0.4, 0.5) is 8.78 Å². The van der Waals surface area contributed by atoms with E-state index in [9.17, 15) is 23.5 Å². The van der Waals surface area contributed by atoms with Gasteiger partial charge < -0.3 is 20.5 Å². The second-order valence-electron chi connectivity index (χ2n) is 7.74. The highest BCUT2D eigenvalue weighted by atomic mass is 19.1. The first-order valence-electron chi connectivity index (χ1n) is 10.9. The summed E-state index contributed by atoms with van der Waals surface area (Å²) in [5.41, 5.74) is 1.82. The van der Waals surface area contributed by atoms with Crippen LogP contribution in [0, 0.1) is 11.8 Å². The molecule has 0 atom stereocenters. The van der Waals surface area contributed by atoms with E-state index in [1.165, 1.54) is 42.5 Å². The minimum Gasteiger partial charge on any atom is -0.507 e. The number of aromatic hydroxyl groups is 1. The minimum atomic E-state index is -0.825. The van der Waals surface area contributed by atoms with Crippen LogP contribution in [0.25, 0.3) is 0 Å². The summed E-state index contributed by atoms with van der Waals surface area (Å²) in [5, 5.41) is 15.2. The number of carbonyl (C=O) groups is 2. The third-order valence-corrected chi connectivity index (χ3v) is 5.18. The fraction of sp³-hybridized carbons (Fsp3) is 0.0741. The minimum absolute atomic E-state index is 0.0178. The lowest BCUT2D eigenvalue weighted by atomic mass is 10.1. The number of phenols is 1. The quantitative estimate of drug-likeness (QED) is 0.311. The molecule has 0 saturated carbocycles. The number of aromatic nitrogens is 1. The smallest absolute Gasteiger partial charge is 0.257 e. The molecule has 4 rings (SSSR count). The SMILES string of the molecule is O=C(NCc1ccc(CNC(=O)c2ccc(F)nc2Oc2ccc(F)cc2)cc1)c1ccccc1O. The van der Waals surface area contributed by atoms with Gasteiger partial charge in [-0.05, 0) is 59.7 Å². The number of ether oxygens (including phenoxy) is 1. The van der Waals surface area contributed by atoms with Crippen molar-refractivity contribution in [2.45, 2.75) is 13.1 Å². The molecule has 7 nitrogen and oxygen atoms in total. The number of benzene rings is 3. The third kappa shape index (κ3) is 6.20. The highest BCUT2D eigenvalue weighted by molar-refractivity contribution is 5.97. The van der Waals surface area contributed by atoms with E-state index in [1.54, 1.807) is 36.4 Å². The second-order valence-corrected chi connectivity index (χ2v) is 7.74. The van der Waals surface area contributed by atoms with Gasteiger partial charge in [0.1, 0.15) is 22.9 Å². The maximum absolute atomic E-state index is 13.7.